The van der Waals surface area contributed by atoms with E-state index in [1.165, 1.54) is 0 Å². The molecule has 0 heterocycles. The van der Waals surface area contributed by atoms with Crippen molar-refractivity contribution in [3.8, 4) is 0 Å². The molecule has 0 aliphatic heterocycles. The van der Waals surface area contributed by atoms with Crippen molar-refractivity contribution in [3.63, 3.8) is 0 Å². The van der Waals surface area contributed by atoms with Crippen LogP contribution in [0.25, 0.3) is 0 Å². The lowest BCUT2D eigenvalue weighted by Crippen LogP contribution is -2.28. The summed E-state index contributed by atoms with van der Waals surface area (Å²) >= 11 is 12.5. The standard InChI is InChI=1S/C26H19Cl2OP/c27-20-16-17-25(28)24(18-20)26(29)19-30(21-10-4-1-5-11-21,22-12-6-2-7-13-22)23-14-8-3-9-15-23/h1-19H. The van der Waals surface area contributed by atoms with Gasteiger partial charge in [-0.1, -0.05) is 114 Å². The third-order valence-electron chi connectivity index (χ3n) is 5.00. The Labute approximate surface area is 186 Å². The van der Waals surface area contributed by atoms with Gasteiger partial charge in [-0.25, -0.2) is 0 Å². The van der Waals surface area contributed by atoms with Gasteiger partial charge in [-0.2, -0.15) is 0 Å². The van der Waals surface area contributed by atoms with E-state index in [2.05, 4.69) is 36.4 Å². The summed E-state index contributed by atoms with van der Waals surface area (Å²) in [4.78, 5) is 13.6. The lowest BCUT2D eigenvalue weighted by molar-refractivity contribution is 0.107. The summed E-state index contributed by atoms with van der Waals surface area (Å²) in [6.45, 7) is -2.39. The zero-order chi connectivity index (χ0) is 21.0. The number of hydrogen-bond donors (Lipinski definition) is 0. The van der Waals surface area contributed by atoms with Crippen LogP contribution in [0.2, 0.25) is 10.0 Å². The van der Waals surface area contributed by atoms with Gasteiger partial charge in [0.2, 0.25) is 0 Å². The number of carbonyl (C=O) groups excluding carboxylic acids is 1. The predicted molar refractivity (Wildman–Crippen MR) is 132 cm³/mol. The van der Waals surface area contributed by atoms with Crippen LogP contribution in [0.5, 0.6) is 0 Å². The summed E-state index contributed by atoms with van der Waals surface area (Å²) in [5.74, 6) is 1.73. The number of carbonyl (C=O) groups is 1. The van der Waals surface area contributed by atoms with Crippen LogP contribution in [-0.2, 0) is 0 Å². The van der Waals surface area contributed by atoms with Crippen LogP contribution in [0.4, 0.5) is 0 Å². The van der Waals surface area contributed by atoms with E-state index >= 15 is 0 Å². The molecule has 0 radical (unpaired) electrons. The molecule has 0 bridgehead atoms. The van der Waals surface area contributed by atoms with Crippen LogP contribution in [0.1, 0.15) is 10.4 Å². The molecule has 0 aliphatic rings. The average Bonchev–Trinajstić information content (AvgIpc) is 2.80. The summed E-state index contributed by atoms with van der Waals surface area (Å²) in [7, 11) is 0. The number of hydrogen-bond acceptors (Lipinski definition) is 1. The second-order valence-corrected chi connectivity index (χ2v) is 10.9. The first kappa shape index (κ1) is 20.7. The lowest BCUT2D eigenvalue weighted by atomic mass is 10.1. The molecule has 0 saturated carbocycles. The fraction of sp³-hybridized carbons (Fsp3) is 0. The van der Waals surface area contributed by atoms with Crippen LogP contribution in [0.3, 0.4) is 0 Å². The Kier molecular flexibility index (Phi) is 6.25. The molecule has 30 heavy (non-hydrogen) atoms. The number of halogens is 2. The Morgan fingerprint density at radius 1 is 0.633 bits per heavy atom. The van der Waals surface area contributed by atoms with Gasteiger partial charge < -0.3 is 0 Å². The summed E-state index contributed by atoms with van der Waals surface area (Å²) in [5.41, 5.74) is 0.413. The van der Waals surface area contributed by atoms with Gasteiger partial charge in [-0.15, -0.1) is 0 Å². The van der Waals surface area contributed by atoms with Gasteiger partial charge in [0.25, 0.3) is 0 Å². The molecule has 4 rings (SSSR count). The first-order chi connectivity index (χ1) is 14.6. The first-order valence-electron chi connectivity index (χ1n) is 9.52. The van der Waals surface area contributed by atoms with Crippen LogP contribution < -0.4 is 15.9 Å². The van der Waals surface area contributed by atoms with Crippen molar-refractivity contribution in [2.24, 2.45) is 0 Å². The van der Waals surface area contributed by atoms with E-state index in [0.29, 0.717) is 15.6 Å². The van der Waals surface area contributed by atoms with E-state index in [1.807, 2.05) is 60.4 Å². The fourth-order valence-corrected chi connectivity index (χ4v) is 7.73. The number of benzene rings is 4. The first-order valence-corrected chi connectivity index (χ1v) is 12.1. The molecule has 0 N–H and O–H groups in total. The minimum Gasteiger partial charge on any atom is -0.289 e. The van der Waals surface area contributed by atoms with Gasteiger partial charge in [0.15, 0.2) is 5.78 Å². The third kappa shape index (κ3) is 4.02. The molecule has 148 valence electrons. The molecule has 4 aromatic rings. The van der Waals surface area contributed by atoms with Crippen LogP contribution in [0, 0.1) is 0 Å². The Balaban J connectivity index is 2.08. The second kappa shape index (κ2) is 9.06. The molecule has 1 nitrogen and oxygen atoms in total. The molecule has 0 aromatic heterocycles. The molecule has 0 fully saturated rings. The molecular weight excluding hydrogens is 430 g/mol. The Morgan fingerprint density at radius 3 is 1.50 bits per heavy atom. The maximum absolute atomic E-state index is 13.6. The van der Waals surface area contributed by atoms with E-state index < -0.39 is 6.89 Å². The highest BCUT2D eigenvalue weighted by Gasteiger charge is 2.27. The molecule has 4 heteroatoms. The van der Waals surface area contributed by atoms with Crippen LogP contribution in [-0.4, -0.2) is 11.6 Å². The van der Waals surface area contributed by atoms with Crippen LogP contribution in [0.15, 0.2) is 109 Å². The number of Topliss-reactive ketones (excluding diaryl/α,β-unsaturated/α-hetero) is 1. The van der Waals surface area contributed by atoms with Crippen molar-refractivity contribution < 1.29 is 4.79 Å². The van der Waals surface area contributed by atoms with Crippen molar-refractivity contribution in [1.29, 1.82) is 0 Å². The second-order valence-electron chi connectivity index (χ2n) is 6.85. The number of rotatable bonds is 5. The normalized spacial score (nSPS) is 11.1. The van der Waals surface area contributed by atoms with Gasteiger partial charge in [0.05, 0.1) is 5.02 Å². The molecule has 0 spiro atoms. The monoisotopic (exact) mass is 448 g/mol. The highest BCUT2D eigenvalue weighted by molar-refractivity contribution is 7.95. The van der Waals surface area contributed by atoms with Crippen molar-refractivity contribution in [2.75, 3.05) is 0 Å². The van der Waals surface area contributed by atoms with Gasteiger partial charge in [-0.05, 0) is 46.8 Å². The Bertz CT molecular complexity index is 1120. The largest absolute Gasteiger partial charge is 0.289 e. The van der Waals surface area contributed by atoms with Gasteiger partial charge in [-0.3, -0.25) is 4.79 Å². The number of ketones is 1. The highest BCUT2D eigenvalue weighted by atomic mass is 35.5. The molecule has 0 amide bonds. The Hall–Kier alpha value is -2.57. The van der Waals surface area contributed by atoms with Crippen molar-refractivity contribution in [1.82, 2.24) is 0 Å². The zero-order valence-electron chi connectivity index (χ0n) is 16.1. The minimum absolute atomic E-state index is 0.132. The topological polar surface area (TPSA) is 17.1 Å². The summed E-state index contributed by atoms with van der Waals surface area (Å²) in [5, 5.41) is 4.20. The fourth-order valence-electron chi connectivity index (χ4n) is 3.59. The van der Waals surface area contributed by atoms with E-state index in [4.69, 9.17) is 23.2 Å². The molecular formula is C26H19Cl2OP. The van der Waals surface area contributed by atoms with Gasteiger partial charge >= 0.3 is 0 Å². The minimum atomic E-state index is -2.39. The lowest BCUT2D eigenvalue weighted by Gasteiger charge is -2.28. The SMILES string of the molecule is O=C(C=P(c1ccccc1)(c1ccccc1)c1ccccc1)c1cc(Cl)ccc1Cl. The maximum atomic E-state index is 13.6. The molecule has 0 aliphatic carbocycles. The quantitative estimate of drug-likeness (QED) is 0.271. The van der Waals surface area contributed by atoms with E-state index in [-0.39, 0.29) is 5.78 Å². The summed E-state index contributed by atoms with van der Waals surface area (Å²) in [6, 6.07) is 35.6. The highest BCUT2D eigenvalue weighted by Crippen LogP contribution is 2.44. The smallest absolute Gasteiger partial charge is 0.188 e. The van der Waals surface area contributed by atoms with E-state index in [0.717, 1.165) is 15.9 Å². The van der Waals surface area contributed by atoms with Crippen molar-refractivity contribution in [3.05, 3.63) is 125 Å². The summed E-state index contributed by atoms with van der Waals surface area (Å²) < 4.78 is 0. The maximum Gasteiger partial charge on any atom is 0.188 e. The van der Waals surface area contributed by atoms with E-state index in [9.17, 15) is 4.79 Å². The van der Waals surface area contributed by atoms with Crippen molar-refractivity contribution >= 4 is 57.6 Å². The Morgan fingerprint density at radius 2 is 1.07 bits per heavy atom. The third-order valence-corrected chi connectivity index (χ3v) is 9.52. The molecule has 0 atom stereocenters. The molecule has 0 unspecified atom stereocenters. The van der Waals surface area contributed by atoms with Crippen LogP contribution >= 0.6 is 30.1 Å². The van der Waals surface area contributed by atoms with Gasteiger partial charge in [0, 0.05) is 10.6 Å². The zero-order valence-corrected chi connectivity index (χ0v) is 18.5. The summed E-state index contributed by atoms with van der Waals surface area (Å²) in [6.07, 6.45) is 0. The molecule has 4 aromatic carbocycles. The predicted octanol–water partition coefficient (Wildman–Crippen LogP) is 5.97. The van der Waals surface area contributed by atoms with Crippen molar-refractivity contribution in [2.45, 2.75) is 0 Å². The van der Waals surface area contributed by atoms with E-state index in [1.54, 1.807) is 18.2 Å². The van der Waals surface area contributed by atoms with Gasteiger partial charge in [0.1, 0.15) is 0 Å². The average molecular weight is 449 g/mol. The molecule has 0 saturated heterocycles.